The van der Waals surface area contributed by atoms with Crippen LogP contribution in [-0.2, 0) is 16.0 Å². The second-order valence-corrected chi connectivity index (χ2v) is 5.88. The highest BCUT2D eigenvalue weighted by molar-refractivity contribution is 7.13. The molecule has 1 N–H and O–H groups in total. The Morgan fingerprint density at radius 2 is 2.28 bits per heavy atom. The van der Waals surface area contributed by atoms with Crippen LogP contribution in [0.25, 0.3) is 0 Å². The number of ether oxygens (including phenoxy) is 2. The Labute approximate surface area is 149 Å². The molecule has 0 aliphatic heterocycles. The van der Waals surface area contributed by atoms with E-state index in [1.54, 1.807) is 18.4 Å². The highest BCUT2D eigenvalue weighted by Gasteiger charge is 2.08. The van der Waals surface area contributed by atoms with E-state index in [0.717, 1.165) is 6.42 Å². The molecule has 8 heteroatoms. The Morgan fingerprint density at radius 3 is 3.04 bits per heavy atom. The van der Waals surface area contributed by atoms with Gasteiger partial charge in [0.05, 0.1) is 31.5 Å². The minimum absolute atomic E-state index is 0.120. The largest absolute Gasteiger partial charge is 0.493 e. The van der Waals surface area contributed by atoms with E-state index in [9.17, 15) is 9.18 Å². The van der Waals surface area contributed by atoms with Crippen LogP contribution in [0, 0.1) is 5.82 Å². The number of esters is 1. The summed E-state index contributed by atoms with van der Waals surface area (Å²) in [6, 6.07) is 4.27. The van der Waals surface area contributed by atoms with Gasteiger partial charge < -0.3 is 9.47 Å². The maximum absolute atomic E-state index is 13.4. The molecule has 1 heterocycles. The molecular weight excluding hydrogens is 345 g/mol. The molecule has 0 aliphatic carbocycles. The molecule has 0 atom stereocenters. The van der Waals surface area contributed by atoms with Gasteiger partial charge in [-0.2, -0.15) is 5.10 Å². The molecule has 0 spiro atoms. The fraction of sp³-hybridized carbons (Fsp3) is 0.353. The monoisotopic (exact) mass is 365 g/mol. The maximum atomic E-state index is 13.4. The van der Waals surface area contributed by atoms with Crippen molar-refractivity contribution < 1.29 is 18.7 Å². The lowest BCUT2D eigenvalue weighted by Crippen LogP contribution is -2.07. The smallest absolute Gasteiger partial charge is 0.311 e. The molecule has 1 aromatic carbocycles. The predicted molar refractivity (Wildman–Crippen MR) is 95.9 cm³/mol. The Balaban J connectivity index is 1.98. The lowest BCUT2D eigenvalue weighted by molar-refractivity contribution is -0.142. The van der Waals surface area contributed by atoms with Gasteiger partial charge in [0.1, 0.15) is 11.6 Å². The molecule has 0 unspecified atom stereocenters. The van der Waals surface area contributed by atoms with E-state index >= 15 is 0 Å². The molecule has 0 saturated carbocycles. The minimum Gasteiger partial charge on any atom is -0.493 e. The Bertz CT molecular complexity index is 734. The molecular formula is C17H20FN3O3S. The number of carbonyl (C=O) groups is 1. The van der Waals surface area contributed by atoms with Gasteiger partial charge in [-0.25, -0.2) is 9.37 Å². The summed E-state index contributed by atoms with van der Waals surface area (Å²) in [6.45, 7) is 4.64. The van der Waals surface area contributed by atoms with Gasteiger partial charge in [0.15, 0.2) is 0 Å². The molecule has 0 fully saturated rings. The zero-order valence-electron chi connectivity index (χ0n) is 14.1. The van der Waals surface area contributed by atoms with Crippen molar-refractivity contribution in [1.82, 2.24) is 4.98 Å². The lowest BCUT2D eigenvalue weighted by Gasteiger charge is -2.07. The third kappa shape index (κ3) is 6.15. The number of nitrogens with zero attached hydrogens (tertiary/aromatic N) is 2. The second-order valence-electron chi connectivity index (χ2n) is 5.03. The normalized spacial score (nSPS) is 10.8. The van der Waals surface area contributed by atoms with Crippen molar-refractivity contribution >= 4 is 28.7 Å². The third-order valence-corrected chi connectivity index (χ3v) is 3.78. The third-order valence-electron chi connectivity index (χ3n) is 2.98. The number of aromatic nitrogens is 1. The molecule has 0 bridgehead atoms. The summed E-state index contributed by atoms with van der Waals surface area (Å²) in [5, 5.41) is 6.35. The van der Waals surface area contributed by atoms with Crippen LogP contribution < -0.4 is 10.2 Å². The first-order chi connectivity index (χ1) is 12.1. The Kier molecular flexibility index (Phi) is 7.34. The summed E-state index contributed by atoms with van der Waals surface area (Å²) in [4.78, 5) is 15.7. The predicted octanol–water partition coefficient (Wildman–Crippen LogP) is 3.62. The number of halogens is 1. The van der Waals surface area contributed by atoms with Gasteiger partial charge >= 0.3 is 5.97 Å². The summed E-state index contributed by atoms with van der Waals surface area (Å²) < 4.78 is 23.9. The summed E-state index contributed by atoms with van der Waals surface area (Å²) in [7, 11) is 0. The van der Waals surface area contributed by atoms with E-state index < -0.39 is 0 Å². The summed E-state index contributed by atoms with van der Waals surface area (Å²) >= 11 is 1.32. The standard InChI is InChI=1S/C17H20FN3O3S/c1-3-7-24-15-6-5-13(18)8-12(15)10-19-21-17-20-14(11-25-17)9-16(22)23-4-2/h5-6,8,10-11H,3-4,7,9H2,1-2H3,(H,20,21). The van der Waals surface area contributed by atoms with Crippen LogP contribution in [0.1, 0.15) is 31.5 Å². The van der Waals surface area contributed by atoms with E-state index in [1.165, 1.54) is 29.7 Å². The Morgan fingerprint density at radius 1 is 1.44 bits per heavy atom. The number of anilines is 1. The van der Waals surface area contributed by atoms with Crippen LogP contribution in [0.4, 0.5) is 9.52 Å². The van der Waals surface area contributed by atoms with Crippen molar-refractivity contribution in [2.75, 3.05) is 18.6 Å². The van der Waals surface area contributed by atoms with Gasteiger partial charge in [0.2, 0.25) is 5.13 Å². The molecule has 2 rings (SSSR count). The fourth-order valence-corrected chi connectivity index (χ4v) is 2.58. The SMILES string of the molecule is CCCOc1ccc(F)cc1C=NNc1nc(CC(=O)OCC)cs1. The lowest BCUT2D eigenvalue weighted by atomic mass is 10.2. The van der Waals surface area contributed by atoms with E-state index in [-0.39, 0.29) is 18.2 Å². The first kappa shape index (κ1) is 18.9. The highest BCUT2D eigenvalue weighted by atomic mass is 32.1. The number of rotatable bonds is 9. The average Bonchev–Trinajstić information content (AvgIpc) is 3.01. The number of nitrogens with one attached hydrogen (secondary N) is 1. The molecule has 0 amide bonds. The van der Waals surface area contributed by atoms with Crippen LogP contribution in [0.2, 0.25) is 0 Å². The van der Waals surface area contributed by atoms with Crippen LogP contribution in [0.5, 0.6) is 5.75 Å². The van der Waals surface area contributed by atoms with E-state index in [2.05, 4.69) is 15.5 Å². The van der Waals surface area contributed by atoms with Gasteiger partial charge in [0.25, 0.3) is 0 Å². The zero-order valence-corrected chi connectivity index (χ0v) is 14.9. The van der Waals surface area contributed by atoms with Gasteiger partial charge in [0, 0.05) is 10.9 Å². The van der Waals surface area contributed by atoms with Gasteiger partial charge in [-0.15, -0.1) is 11.3 Å². The van der Waals surface area contributed by atoms with E-state index in [0.29, 0.717) is 35.4 Å². The summed E-state index contributed by atoms with van der Waals surface area (Å²) in [5.74, 6) is -0.118. The zero-order chi connectivity index (χ0) is 18.1. The van der Waals surface area contributed by atoms with Crippen molar-refractivity contribution in [3.05, 3.63) is 40.7 Å². The van der Waals surface area contributed by atoms with E-state index in [4.69, 9.17) is 9.47 Å². The van der Waals surface area contributed by atoms with E-state index in [1.807, 2.05) is 6.92 Å². The fourth-order valence-electron chi connectivity index (χ4n) is 1.92. The first-order valence-electron chi connectivity index (χ1n) is 7.93. The molecule has 2 aromatic rings. The number of benzene rings is 1. The number of hydrogen-bond donors (Lipinski definition) is 1. The minimum atomic E-state index is -0.365. The van der Waals surface area contributed by atoms with Crippen LogP contribution in [-0.4, -0.2) is 30.4 Å². The van der Waals surface area contributed by atoms with Crippen LogP contribution in [0.3, 0.4) is 0 Å². The molecule has 25 heavy (non-hydrogen) atoms. The quantitative estimate of drug-likeness (QED) is 0.417. The highest BCUT2D eigenvalue weighted by Crippen LogP contribution is 2.19. The van der Waals surface area contributed by atoms with Crippen molar-refractivity contribution in [2.24, 2.45) is 5.10 Å². The van der Waals surface area contributed by atoms with Crippen LogP contribution >= 0.6 is 11.3 Å². The van der Waals surface area contributed by atoms with Gasteiger partial charge in [-0.1, -0.05) is 6.92 Å². The first-order valence-corrected chi connectivity index (χ1v) is 8.81. The van der Waals surface area contributed by atoms with Crippen molar-refractivity contribution in [3.8, 4) is 5.75 Å². The molecule has 0 radical (unpaired) electrons. The van der Waals surface area contributed by atoms with Crippen molar-refractivity contribution in [2.45, 2.75) is 26.7 Å². The van der Waals surface area contributed by atoms with Crippen molar-refractivity contribution in [3.63, 3.8) is 0 Å². The Hall–Kier alpha value is -2.48. The summed E-state index contributed by atoms with van der Waals surface area (Å²) in [5.41, 5.74) is 3.91. The van der Waals surface area contributed by atoms with Crippen LogP contribution in [0.15, 0.2) is 28.7 Å². The second kappa shape index (κ2) is 9.73. The average molecular weight is 365 g/mol. The summed E-state index contributed by atoms with van der Waals surface area (Å²) in [6.07, 6.45) is 2.45. The number of thiazole rings is 1. The van der Waals surface area contributed by atoms with Crippen molar-refractivity contribution in [1.29, 1.82) is 0 Å². The molecule has 134 valence electrons. The number of hydrogen-bond acceptors (Lipinski definition) is 7. The van der Waals surface area contributed by atoms with Gasteiger partial charge in [-0.3, -0.25) is 10.2 Å². The number of hydrazone groups is 1. The topological polar surface area (TPSA) is 72.8 Å². The number of carbonyl (C=O) groups excluding carboxylic acids is 1. The molecule has 0 aliphatic rings. The molecule has 0 saturated heterocycles. The van der Waals surface area contributed by atoms with Gasteiger partial charge in [-0.05, 0) is 31.5 Å². The maximum Gasteiger partial charge on any atom is 0.311 e. The molecule has 1 aromatic heterocycles. The molecule has 6 nitrogen and oxygen atoms in total.